The quantitative estimate of drug-likeness (QED) is 0.808. The lowest BCUT2D eigenvalue weighted by Crippen LogP contribution is -2.37. The van der Waals surface area contributed by atoms with Crippen LogP contribution in [0.1, 0.15) is 41.1 Å². The van der Waals surface area contributed by atoms with E-state index in [1.165, 1.54) is 24.0 Å². The summed E-state index contributed by atoms with van der Waals surface area (Å²) in [5, 5.41) is 0. The Morgan fingerprint density at radius 1 is 1.00 bits per heavy atom. The van der Waals surface area contributed by atoms with Gasteiger partial charge in [-0.15, -0.1) is 0 Å². The van der Waals surface area contributed by atoms with Crippen LogP contribution in [-0.2, 0) is 15.8 Å². The van der Waals surface area contributed by atoms with Crippen molar-refractivity contribution in [3.8, 4) is 0 Å². The Kier molecular flexibility index (Phi) is 6.12. The van der Waals surface area contributed by atoms with E-state index in [1.807, 2.05) is 31.2 Å². The smallest absolute Gasteiger partial charge is 0.215 e. The maximum absolute atomic E-state index is 12.6. The Hall–Kier alpha value is -1.69. The molecule has 5 heteroatoms. The molecule has 3 rings (SSSR count). The summed E-state index contributed by atoms with van der Waals surface area (Å²) >= 11 is 0. The first-order valence-corrected chi connectivity index (χ1v) is 10.9. The van der Waals surface area contributed by atoms with Crippen molar-refractivity contribution >= 4 is 10.0 Å². The second kappa shape index (κ2) is 8.33. The van der Waals surface area contributed by atoms with E-state index in [0.29, 0.717) is 6.54 Å². The first-order chi connectivity index (χ1) is 12.4. The molecule has 1 saturated heterocycles. The molecule has 4 nitrogen and oxygen atoms in total. The summed E-state index contributed by atoms with van der Waals surface area (Å²) in [6, 6.07) is 16.2. The molecular weight excluding hydrogens is 344 g/mol. The van der Waals surface area contributed by atoms with Gasteiger partial charge in [0, 0.05) is 12.6 Å². The van der Waals surface area contributed by atoms with Crippen LogP contribution in [0, 0.1) is 13.8 Å². The molecule has 140 valence electrons. The molecule has 26 heavy (non-hydrogen) atoms. The molecule has 1 fully saturated rings. The number of likely N-dealkylation sites (tertiary alicyclic amines) is 1. The fraction of sp³-hybridized carbons (Fsp3) is 0.429. The summed E-state index contributed by atoms with van der Waals surface area (Å²) in [4.78, 5) is 2.39. The molecule has 0 bridgehead atoms. The van der Waals surface area contributed by atoms with Crippen molar-refractivity contribution in [1.82, 2.24) is 9.62 Å². The van der Waals surface area contributed by atoms with Gasteiger partial charge in [-0.3, -0.25) is 4.90 Å². The third-order valence-corrected chi connectivity index (χ3v) is 6.44. The Morgan fingerprint density at radius 3 is 2.31 bits per heavy atom. The zero-order valence-corrected chi connectivity index (χ0v) is 16.4. The topological polar surface area (TPSA) is 49.4 Å². The van der Waals surface area contributed by atoms with Crippen LogP contribution in [0.15, 0.2) is 48.5 Å². The van der Waals surface area contributed by atoms with Crippen molar-refractivity contribution in [3.05, 3.63) is 70.8 Å². The van der Waals surface area contributed by atoms with E-state index in [2.05, 4.69) is 40.8 Å². The molecule has 1 N–H and O–H groups in total. The molecule has 1 aliphatic rings. The number of sulfonamides is 1. The Balaban J connectivity index is 1.72. The Labute approximate surface area is 157 Å². The minimum absolute atomic E-state index is 0.0281. The predicted molar refractivity (Wildman–Crippen MR) is 107 cm³/mol. The van der Waals surface area contributed by atoms with Gasteiger partial charge in [-0.05, 0) is 56.5 Å². The molecule has 2 aromatic carbocycles. The zero-order chi connectivity index (χ0) is 18.6. The number of nitrogens with one attached hydrogen (secondary N) is 1. The van der Waals surface area contributed by atoms with Crippen LogP contribution in [0.5, 0.6) is 0 Å². The zero-order valence-electron chi connectivity index (χ0n) is 15.6. The lowest BCUT2D eigenvalue weighted by atomic mass is 10.0. The first kappa shape index (κ1) is 19.1. The van der Waals surface area contributed by atoms with Crippen molar-refractivity contribution in [2.24, 2.45) is 0 Å². The van der Waals surface area contributed by atoms with E-state index in [1.54, 1.807) is 0 Å². The normalized spacial score (nSPS) is 16.7. The Bertz CT molecular complexity index is 825. The summed E-state index contributed by atoms with van der Waals surface area (Å²) in [7, 11) is -3.37. The van der Waals surface area contributed by atoms with Crippen LogP contribution in [0.25, 0.3) is 0 Å². The van der Waals surface area contributed by atoms with Crippen molar-refractivity contribution in [3.63, 3.8) is 0 Å². The van der Waals surface area contributed by atoms with Gasteiger partial charge in [0.2, 0.25) is 10.0 Å². The lowest BCUT2D eigenvalue weighted by molar-refractivity contribution is 0.246. The highest BCUT2D eigenvalue weighted by molar-refractivity contribution is 7.88. The van der Waals surface area contributed by atoms with Crippen LogP contribution < -0.4 is 4.72 Å². The number of hydrogen-bond donors (Lipinski definition) is 1. The second-order valence-corrected chi connectivity index (χ2v) is 9.01. The molecule has 0 saturated carbocycles. The highest BCUT2D eigenvalue weighted by atomic mass is 32.2. The highest BCUT2D eigenvalue weighted by Gasteiger charge is 2.25. The minimum Gasteiger partial charge on any atom is -0.295 e. The molecule has 1 unspecified atom stereocenters. The van der Waals surface area contributed by atoms with E-state index < -0.39 is 10.0 Å². The first-order valence-electron chi connectivity index (χ1n) is 9.27. The summed E-state index contributed by atoms with van der Waals surface area (Å²) < 4.78 is 28.1. The van der Waals surface area contributed by atoms with Crippen molar-refractivity contribution in [2.75, 3.05) is 19.6 Å². The molecule has 2 aromatic rings. The molecule has 0 aromatic heterocycles. The van der Waals surface area contributed by atoms with Crippen molar-refractivity contribution < 1.29 is 8.42 Å². The summed E-state index contributed by atoms with van der Waals surface area (Å²) in [6.07, 6.45) is 2.36. The van der Waals surface area contributed by atoms with Gasteiger partial charge in [-0.1, -0.05) is 54.1 Å². The monoisotopic (exact) mass is 372 g/mol. The SMILES string of the molecule is Cc1ccc(C(CNS(=O)(=O)Cc2ccccc2C)N2CCCC2)cc1. The van der Waals surface area contributed by atoms with Crippen LogP contribution in [0.3, 0.4) is 0 Å². The van der Waals surface area contributed by atoms with Crippen molar-refractivity contribution in [2.45, 2.75) is 38.5 Å². The average Bonchev–Trinajstić information content (AvgIpc) is 3.13. The highest BCUT2D eigenvalue weighted by Crippen LogP contribution is 2.25. The lowest BCUT2D eigenvalue weighted by Gasteiger charge is -2.28. The number of hydrogen-bond acceptors (Lipinski definition) is 3. The molecule has 0 radical (unpaired) electrons. The maximum atomic E-state index is 12.6. The molecule has 0 aliphatic carbocycles. The third kappa shape index (κ3) is 4.93. The summed E-state index contributed by atoms with van der Waals surface area (Å²) in [6.45, 7) is 6.48. The number of nitrogens with zero attached hydrogens (tertiary/aromatic N) is 1. The summed E-state index contributed by atoms with van der Waals surface area (Å²) in [5.41, 5.74) is 4.26. The molecule has 0 spiro atoms. The van der Waals surface area contributed by atoms with Gasteiger partial charge in [-0.25, -0.2) is 13.1 Å². The maximum Gasteiger partial charge on any atom is 0.215 e. The van der Waals surface area contributed by atoms with E-state index in [-0.39, 0.29) is 11.8 Å². The van der Waals surface area contributed by atoms with Gasteiger partial charge in [-0.2, -0.15) is 0 Å². The largest absolute Gasteiger partial charge is 0.295 e. The van der Waals surface area contributed by atoms with Crippen LogP contribution in [0.2, 0.25) is 0 Å². The van der Waals surface area contributed by atoms with E-state index in [4.69, 9.17) is 0 Å². The van der Waals surface area contributed by atoms with Crippen molar-refractivity contribution in [1.29, 1.82) is 0 Å². The fourth-order valence-electron chi connectivity index (χ4n) is 3.53. The molecule has 1 heterocycles. The van der Waals surface area contributed by atoms with Crippen LogP contribution >= 0.6 is 0 Å². The number of aryl methyl sites for hydroxylation is 2. The molecule has 0 amide bonds. The van der Waals surface area contributed by atoms with E-state index in [0.717, 1.165) is 24.2 Å². The van der Waals surface area contributed by atoms with Gasteiger partial charge in [0.05, 0.1) is 5.75 Å². The van der Waals surface area contributed by atoms with Gasteiger partial charge in [0.1, 0.15) is 0 Å². The third-order valence-electron chi connectivity index (χ3n) is 5.15. The predicted octanol–water partition coefficient (Wildman–Crippen LogP) is 3.56. The fourth-order valence-corrected chi connectivity index (χ4v) is 4.78. The van der Waals surface area contributed by atoms with Gasteiger partial charge in [0.15, 0.2) is 0 Å². The van der Waals surface area contributed by atoms with Gasteiger partial charge in [0.25, 0.3) is 0 Å². The minimum atomic E-state index is -3.37. The second-order valence-electron chi connectivity index (χ2n) is 7.20. The molecule has 1 aliphatic heterocycles. The number of rotatable bonds is 7. The van der Waals surface area contributed by atoms with Crippen LogP contribution in [-0.4, -0.2) is 33.0 Å². The standard InChI is InChI=1S/C21H28N2O2S/c1-17-9-11-19(12-10-17)21(23-13-5-6-14-23)15-22-26(24,25)16-20-8-4-3-7-18(20)2/h3-4,7-12,21-22H,5-6,13-16H2,1-2H3. The van der Waals surface area contributed by atoms with Crippen LogP contribution in [0.4, 0.5) is 0 Å². The summed E-state index contributed by atoms with van der Waals surface area (Å²) in [5.74, 6) is 0.0281. The molecular formula is C21H28N2O2S. The molecule has 1 atom stereocenters. The number of benzene rings is 2. The van der Waals surface area contributed by atoms with E-state index in [9.17, 15) is 8.42 Å². The Morgan fingerprint density at radius 2 is 1.65 bits per heavy atom. The van der Waals surface area contributed by atoms with Gasteiger partial charge < -0.3 is 0 Å². The average molecular weight is 373 g/mol. The van der Waals surface area contributed by atoms with Gasteiger partial charge >= 0.3 is 0 Å². The van der Waals surface area contributed by atoms with E-state index >= 15 is 0 Å².